The van der Waals surface area contributed by atoms with Crippen molar-refractivity contribution in [3.8, 4) is 0 Å². The maximum absolute atomic E-state index is 10.6. The Morgan fingerprint density at radius 1 is 1.53 bits per heavy atom. The summed E-state index contributed by atoms with van der Waals surface area (Å²) in [5.74, 6) is 0.489. The third kappa shape index (κ3) is 2.51. The molecule has 0 aliphatic heterocycles. The minimum absolute atomic E-state index is 0.0511. The lowest BCUT2D eigenvalue weighted by Crippen LogP contribution is -2.01. The largest absolute Gasteiger partial charge is 0.384 e. The number of hydrogen-bond acceptors (Lipinski definition) is 5. The van der Waals surface area contributed by atoms with Gasteiger partial charge in [0.1, 0.15) is 5.82 Å². The summed E-state index contributed by atoms with van der Waals surface area (Å²) in [4.78, 5) is 10.1. The molecule has 7 nitrogen and oxygen atoms in total. The Morgan fingerprint density at radius 2 is 2.35 bits per heavy atom. The van der Waals surface area contributed by atoms with Gasteiger partial charge in [-0.25, -0.2) is 0 Å². The quantitative estimate of drug-likeness (QED) is 0.547. The lowest BCUT2D eigenvalue weighted by atomic mass is 10.2. The van der Waals surface area contributed by atoms with Crippen LogP contribution >= 0.6 is 0 Å². The average Bonchev–Trinajstić information content (AvgIpc) is 2.72. The van der Waals surface area contributed by atoms with Gasteiger partial charge in [-0.1, -0.05) is 6.07 Å². The molecule has 0 spiro atoms. The molecule has 1 aromatic heterocycles. The molecule has 0 aliphatic carbocycles. The van der Waals surface area contributed by atoms with Gasteiger partial charge in [0.2, 0.25) is 0 Å². The zero-order valence-electron chi connectivity index (χ0n) is 8.88. The third-order valence-electron chi connectivity index (χ3n) is 2.29. The van der Waals surface area contributed by atoms with E-state index in [0.29, 0.717) is 18.1 Å². The van der Waals surface area contributed by atoms with Crippen LogP contribution in [0.15, 0.2) is 30.5 Å². The number of nitrogens with one attached hydrogen (secondary N) is 2. The molecule has 2 aromatic rings. The monoisotopic (exact) mass is 233 g/mol. The van der Waals surface area contributed by atoms with Gasteiger partial charge < -0.3 is 11.1 Å². The number of aromatic amines is 1. The van der Waals surface area contributed by atoms with E-state index in [0.717, 1.165) is 5.56 Å². The molecule has 0 saturated heterocycles. The summed E-state index contributed by atoms with van der Waals surface area (Å²) in [5.41, 5.74) is 7.15. The van der Waals surface area contributed by atoms with Gasteiger partial charge in [0.25, 0.3) is 5.69 Å². The van der Waals surface area contributed by atoms with Crippen LogP contribution in [0.5, 0.6) is 0 Å². The fourth-order valence-electron chi connectivity index (χ4n) is 1.39. The Bertz CT molecular complexity index is 537. The first-order valence-corrected chi connectivity index (χ1v) is 4.93. The molecule has 88 valence electrons. The molecule has 0 bridgehead atoms. The summed E-state index contributed by atoms with van der Waals surface area (Å²) in [6, 6.07) is 6.29. The van der Waals surface area contributed by atoms with E-state index in [9.17, 15) is 10.1 Å². The molecule has 17 heavy (non-hydrogen) atoms. The van der Waals surface area contributed by atoms with Crippen LogP contribution in [0.3, 0.4) is 0 Å². The van der Waals surface area contributed by atoms with E-state index in [4.69, 9.17) is 5.73 Å². The number of nitro groups is 1. The Balaban J connectivity index is 2.07. The summed E-state index contributed by atoms with van der Waals surface area (Å²) in [6.45, 7) is 0.462. The predicted octanol–water partition coefficient (Wildman–Crippen LogP) is 1.51. The lowest BCUT2D eigenvalue weighted by Gasteiger charge is -2.04. The molecule has 0 radical (unpaired) electrons. The molecule has 2 rings (SSSR count). The number of rotatable bonds is 4. The van der Waals surface area contributed by atoms with Crippen molar-refractivity contribution in [3.63, 3.8) is 0 Å². The van der Waals surface area contributed by atoms with Gasteiger partial charge in [0.05, 0.1) is 11.1 Å². The third-order valence-corrected chi connectivity index (χ3v) is 2.29. The van der Waals surface area contributed by atoms with Crippen molar-refractivity contribution in [2.45, 2.75) is 6.54 Å². The zero-order chi connectivity index (χ0) is 12.3. The topological polar surface area (TPSA) is 110 Å². The van der Waals surface area contributed by atoms with Crippen LogP contribution in [0, 0.1) is 10.1 Å². The van der Waals surface area contributed by atoms with Crippen molar-refractivity contribution in [2.75, 3.05) is 11.1 Å². The van der Waals surface area contributed by atoms with E-state index in [1.165, 1.54) is 12.1 Å². The van der Waals surface area contributed by atoms with Crippen molar-refractivity contribution in [3.05, 3.63) is 46.1 Å². The first kappa shape index (κ1) is 10.9. The minimum atomic E-state index is -0.433. The van der Waals surface area contributed by atoms with Gasteiger partial charge in [-0.15, -0.1) is 0 Å². The van der Waals surface area contributed by atoms with Crippen molar-refractivity contribution in [1.29, 1.82) is 0 Å². The second-order valence-electron chi connectivity index (χ2n) is 3.47. The number of H-pyrrole nitrogens is 1. The number of anilines is 2. The fourth-order valence-corrected chi connectivity index (χ4v) is 1.39. The predicted molar refractivity (Wildman–Crippen MR) is 63.4 cm³/mol. The normalized spacial score (nSPS) is 10.1. The number of non-ortho nitro benzene ring substituents is 1. The van der Waals surface area contributed by atoms with Gasteiger partial charge in [-0.05, 0) is 6.07 Å². The van der Waals surface area contributed by atoms with Crippen LogP contribution in [-0.2, 0) is 6.54 Å². The van der Waals surface area contributed by atoms with Crippen LogP contribution in [0.2, 0.25) is 0 Å². The molecular formula is C10H11N5O2. The Labute approximate surface area is 96.8 Å². The van der Waals surface area contributed by atoms with Gasteiger partial charge in [0.15, 0.2) is 0 Å². The van der Waals surface area contributed by atoms with Crippen LogP contribution in [0.25, 0.3) is 0 Å². The van der Waals surface area contributed by atoms with E-state index in [1.807, 2.05) is 0 Å². The molecule has 0 unspecified atom stereocenters. The average molecular weight is 233 g/mol. The molecule has 0 aliphatic rings. The maximum atomic E-state index is 10.6. The summed E-state index contributed by atoms with van der Waals surface area (Å²) >= 11 is 0. The molecule has 7 heteroatoms. The molecule has 1 heterocycles. The Morgan fingerprint density at radius 3 is 3.00 bits per heavy atom. The standard InChI is InChI=1S/C10H11N5O2/c11-10-7(6-13-14-10)5-12-8-2-1-3-9(4-8)15(16)17/h1-4,6,12H,5H2,(H3,11,13,14). The van der Waals surface area contributed by atoms with Crippen LogP contribution in [0.4, 0.5) is 17.2 Å². The summed E-state index contributed by atoms with van der Waals surface area (Å²) in [7, 11) is 0. The smallest absolute Gasteiger partial charge is 0.271 e. The highest BCUT2D eigenvalue weighted by molar-refractivity contribution is 5.52. The number of nitrogen functional groups attached to an aromatic ring is 1. The van der Waals surface area contributed by atoms with E-state index in [-0.39, 0.29) is 5.69 Å². The van der Waals surface area contributed by atoms with Crippen LogP contribution in [0.1, 0.15) is 5.56 Å². The van der Waals surface area contributed by atoms with E-state index in [2.05, 4.69) is 15.5 Å². The maximum Gasteiger partial charge on any atom is 0.271 e. The minimum Gasteiger partial charge on any atom is -0.384 e. The number of nitrogens with two attached hydrogens (primary N) is 1. The summed E-state index contributed by atoms with van der Waals surface area (Å²) < 4.78 is 0. The van der Waals surface area contributed by atoms with Gasteiger partial charge in [0, 0.05) is 29.9 Å². The van der Waals surface area contributed by atoms with Crippen LogP contribution < -0.4 is 11.1 Å². The van der Waals surface area contributed by atoms with Gasteiger partial charge >= 0.3 is 0 Å². The summed E-state index contributed by atoms with van der Waals surface area (Å²) in [5, 5.41) is 20.0. The second-order valence-corrected chi connectivity index (χ2v) is 3.47. The highest BCUT2D eigenvalue weighted by Gasteiger charge is 2.06. The van der Waals surface area contributed by atoms with E-state index >= 15 is 0 Å². The zero-order valence-corrected chi connectivity index (χ0v) is 8.88. The van der Waals surface area contributed by atoms with Gasteiger partial charge in [-0.3, -0.25) is 15.2 Å². The molecule has 0 amide bonds. The molecule has 0 atom stereocenters. The number of benzene rings is 1. The van der Waals surface area contributed by atoms with E-state index < -0.39 is 4.92 Å². The molecule has 0 saturated carbocycles. The number of nitro benzene ring substituents is 1. The lowest BCUT2D eigenvalue weighted by molar-refractivity contribution is -0.384. The van der Waals surface area contributed by atoms with Gasteiger partial charge in [-0.2, -0.15) is 5.10 Å². The van der Waals surface area contributed by atoms with Crippen LogP contribution in [-0.4, -0.2) is 15.1 Å². The molecular weight excluding hydrogens is 222 g/mol. The highest BCUT2D eigenvalue weighted by atomic mass is 16.6. The molecule has 4 N–H and O–H groups in total. The van der Waals surface area contributed by atoms with E-state index in [1.54, 1.807) is 18.3 Å². The molecule has 0 fully saturated rings. The van der Waals surface area contributed by atoms with Crippen molar-refractivity contribution in [1.82, 2.24) is 10.2 Å². The SMILES string of the molecule is Nc1[nH]ncc1CNc1cccc([N+](=O)[O-])c1. The van der Waals surface area contributed by atoms with Crippen molar-refractivity contribution in [2.24, 2.45) is 0 Å². The number of hydrogen-bond donors (Lipinski definition) is 3. The van der Waals surface area contributed by atoms with Crippen molar-refractivity contribution >= 4 is 17.2 Å². The highest BCUT2D eigenvalue weighted by Crippen LogP contribution is 2.18. The fraction of sp³-hybridized carbons (Fsp3) is 0.100. The Hall–Kier alpha value is -2.57. The first-order chi connectivity index (χ1) is 8.16. The second kappa shape index (κ2) is 4.52. The number of nitrogens with zero attached hydrogens (tertiary/aromatic N) is 2. The van der Waals surface area contributed by atoms with Crippen molar-refractivity contribution < 1.29 is 4.92 Å². The summed E-state index contributed by atoms with van der Waals surface area (Å²) in [6.07, 6.45) is 1.61. The molecule has 1 aromatic carbocycles. The Kier molecular flexibility index (Phi) is 2.91. The first-order valence-electron chi connectivity index (χ1n) is 4.93. The number of aromatic nitrogens is 2.